The van der Waals surface area contributed by atoms with Gasteiger partial charge in [0.2, 0.25) is 0 Å². The molecule has 0 aromatic heterocycles. The molecule has 0 aliphatic carbocycles. The van der Waals surface area contributed by atoms with Crippen LogP contribution in [0.1, 0.15) is 5.56 Å². The second-order valence-corrected chi connectivity index (χ2v) is 6.91. The summed E-state index contributed by atoms with van der Waals surface area (Å²) < 4.78 is 47.6. The van der Waals surface area contributed by atoms with Crippen molar-refractivity contribution in [3.63, 3.8) is 0 Å². The Balaban J connectivity index is 2.03. The molecule has 1 aliphatic rings. The lowest BCUT2D eigenvalue weighted by molar-refractivity contribution is 0.0683. The van der Waals surface area contributed by atoms with E-state index in [9.17, 15) is 12.8 Å². The Morgan fingerprint density at radius 3 is 2.25 bits per heavy atom. The zero-order valence-corrected chi connectivity index (χ0v) is 13.7. The van der Waals surface area contributed by atoms with Crippen LogP contribution in [-0.4, -0.2) is 45.5 Å². The van der Waals surface area contributed by atoms with E-state index >= 15 is 0 Å². The summed E-state index contributed by atoms with van der Waals surface area (Å²) >= 11 is 0. The van der Waals surface area contributed by atoms with Crippen LogP contribution in [0.5, 0.6) is 0 Å². The molecule has 0 radical (unpaired) electrons. The number of rotatable bonds is 3. The monoisotopic (exact) mass is 348 g/mol. The van der Waals surface area contributed by atoms with Crippen molar-refractivity contribution in [2.45, 2.75) is 4.90 Å². The molecule has 2 aromatic rings. The summed E-state index contributed by atoms with van der Waals surface area (Å²) in [5.41, 5.74) is 0.713. The van der Waals surface area contributed by atoms with E-state index in [2.05, 4.69) is 4.40 Å². The summed E-state index contributed by atoms with van der Waals surface area (Å²) in [6, 6.07) is 13.8. The lowest BCUT2D eigenvalue weighted by Gasteiger charge is -2.29. The molecular weight excluding hydrogens is 331 g/mol. The molecule has 0 bridgehead atoms. The average Bonchev–Trinajstić information content (AvgIpc) is 2.62. The van der Waals surface area contributed by atoms with E-state index < -0.39 is 15.8 Å². The number of hydrogen-bond acceptors (Lipinski definition) is 3. The van der Waals surface area contributed by atoms with Crippen molar-refractivity contribution in [3.8, 4) is 0 Å². The van der Waals surface area contributed by atoms with Gasteiger partial charge in [0.1, 0.15) is 11.7 Å². The molecule has 3 rings (SSSR count). The largest absolute Gasteiger partial charge is 0.378 e. The molecule has 0 atom stereocenters. The number of halogens is 1. The maximum atomic E-state index is 13.0. The summed E-state index contributed by atoms with van der Waals surface area (Å²) in [5, 5.41) is 0. The van der Waals surface area contributed by atoms with Crippen LogP contribution in [0.3, 0.4) is 0 Å². The van der Waals surface area contributed by atoms with Crippen molar-refractivity contribution in [3.05, 3.63) is 66.0 Å². The van der Waals surface area contributed by atoms with E-state index in [1.54, 1.807) is 0 Å². The Morgan fingerprint density at radius 1 is 1.00 bits per heavy atom. The van der Waals surface area contributed by atoms with Gasteiger partial charge in [-0.25, -0.2) is 4.39 Å². The molecule has 0 unspecified atom stereocenters. The first-order chi connectivity index (χ1) is 11.6. The zero-order chi connectivity index (χ0) is 17.0. The molecule has 1 fully saturated rings. The molecule has 2 aromatic carbocycles. The minimum absolute atomic E-state index is 0.0365. The second-order valence-electron chi connectivity index (χ2n) is 5.31. The molecule has 5 nitrogen and oxygen atoms in total. The molecule has 7 heteroatoms. The number of hydrogen-bond donors (Lipinski definition) is 0. The van der Waals surface area contributed by atoms with Crippen molar-refractivity contribution in [1.82, 2.24) is 4.90 Å². The van der Waals surface area contributed by atoms with Crippen molar-refractivity contribution in [2.75, 3.05) is 26.3 Å². The SMILES string of the molecule is O=S(=O)(/N=C(/c1ccccc1)N1CCOCC1)c1ccc(F)cc1. The van der Waals surface area contributed by atoms with Crippen molar-refractivity contribution >= 4 is 15.9 Å². The number of benzene rings is 2. The maximum Gasteiger partial charge on any atom is 0.284 e. The average molecular weight is 348 g/mol. The van der Waals surface area contributed by atoms with E-state index in [0.717, 1.165) is 12.1 Å². The number of amidine groups is 1. The van der Waals surface area contributed by atoms with Crippen LogP contribution < -0.4 is 0 Å². The Bertz CT molecular complexity index is 815. The van der Waals surface area contributed by atoms with E-state index in [0.29, 0.717) is 37.7 Å². The number of morpholine rings is 1. The first kappa shape index (κ1) is 16.6. The summed E-state index contributed by atoms with van der Waals surface area (Å²) in [6.45, 7) is 2.16. The van der Waals surface area contributed by atoms with Gasteiger partial charge < -0.3 is 9.64 Å². The lowest BCUT2D eigenvalue weighted by Crippen LogP contribution is -2.41. The Morgan fingerprint density at radius 2 is 1.62 bits per heavy atom. The zero-order valence-electron chi connectivity index (χ0n) is 12.9. The van der Waals surface area contributed by atoms with Gasteiger partial charge in [-0.05, 0) is 24.3 Å². The van der Waals surface area contributed by atoms with E-state index in [1.807, 2.05) is 35.2 Å². The van der Waals surface area contributed by atoms with Crippen LogP contribution in [0.4, 0.5) is 4.39 Å². The number of ether oxygens (including phenoxy) is 1. The maximum absolute atomic E-state index is 13.0. The van der Waals surface area contributed by atoms with Gasteiger partial charge in [-0.1, -0.05) is 30.3 Å². The van der Waals surface area contributed by atoms with E-state index in [1.165, 1.54) is 12.1 Å². The first-order valence-electron chi connectivity index (χ1n) is 7.55. The fraction of sp³-hybridized carbons (Fsp3) is 0.235. The van der Waals surface area contributed by atoms with Crippen LogP contribution in [0.2, 0.25) is 0 Å². The highest BCUT2D eigenvalue weighted by Crippen LogP contribution is 2.17. The van der Waals surface area contributed by atoms with Crippen LogP contribution in [0.25, 0.3) is 0 Å². The van der Waals surface area contributed by atoms with Gasteiger partial charge in [-0.3, -0.25) is 0 Å². The highest BCUT2D eigenvalue weighted by Gasteiger charge is 2.21. The lowest BCUT2D eigenvalue weighted by atomic mass is 10.2. The van der Waals surface area contributed by atoms with Crippen LogP contribution >= 0.6 is 0 Å². The summed E-state index contributed by atoms with van der Waals surface area (Å²) in [5.74, 6) is -0.113. The molecule has 0 saturated carbocycles. The molecule has 1 saturated heterocycles. The second kappa shape index (κ2) is 7.11. The Kier molecular flexibility index (Phi) is 4.92. The molecule has 126 valence electrons. The van der Waals surface area contributed by atoms with Crippen molar-refractivity contribution < 1.29 is 17.5 Å². The summed E-state index contributed by atoms with van der Waals surface area (Å²) in [6.07, 6.45) is 0. The smallest absolute Gasteiger partial charge is 0.284 e. The van der Waals surface area contributed by atoms with Crippen molar-refractivity contribution in [2.24, 2.45) is 4.40 Å². The molecular formula is C17H17FN2O3S. The van der Waals surface area contributed by atoms with Gasteiger partial charge in [-0.15, -0.1) is 4.40 Å². The van der Waals surface area contributed by atoms with Gasteiger partial charge in [0.05, 0.1) is 18.1 Å². The highest BCUT2D eigenvalue weighted by molar-refractivity contribution is 7.90. The predicted molar refractivity (Wildman–Crippen MR) is 89.0 cm³/mol. The molecule has 1 aliphatic heterocycles. The minimum Gasteiger partial charge on any atom is -0.378 e. The van der Waals surface area contributed by atoms with E-state index in [4.69, 9.17) is 4.74 Å². The quantitative estimate of drug-likeness (QED) is 0.631. The third-order valence-corrected chi connectivity index (χ3v) is 4.94. The van der Waals surface area contributed by atoms with Crippen LogP contribution in [-0.2, 0) is 14.8 Å². The van der Waals surface area contributed by atoms with Gasteiger partial charge >= 0.3 is 0 Å². The van der Waals surface area contributed by atoms with Crippen molar-refractivity contribution in [1.29, 1.82) is 0 Å². The normalized spacial score (nSPS) is 16.2. The molecule has 0 N–H and O–H groups in total. The summed E-state index contributed by atoms with van der Waals surface area (Å²) in [7, 11) is -3.93. The van der Waals surface area contributed by atoms with Crippen LogP contribution in [0, 0.1) is 5.82 Å². The van der Waals surface area contributed by atoms with Gasteiger partial charge in [0.25, 0.3) is 10.0 Å². The van der Waals surface area contributed by atoms with Gasteiger partial charge in [-0.2, -0.15) is 8.42 Å². The van der Waals surface area contributed by atoms with Gasteiger partial charge in [0, 0.05) is 18.7 Å². The fourth-order valence-electron chi connectivity index (χ4n) is 2.43. The van der Waals surface area contributed by atoms with E-state index in [-0.39, 0.29) is 4.90 Å². The highest BCUT2D eigenvalue weighted by atomic mass is 32.2. The first-order valence-corrected chi connectivity index (χ1v) is 8.99. The summed E-state index contributed by atoms with van der Waals surface area (Å²) in [4.78, 5) is 1.85. The standard InChI is InChI=1S/C17H17FN2O3S/c18-15-6-8-16(9-7-15)24(21,22)19-17(14-4-2-1-3-5-14)20-10-12-23-13-11-20/h1-9H,10-13H2/b19-17-. The number of nitrogens with zero attached hydrogens (tertiary/aromatic N) is 2. The van der Waals surface area contributed by atoms with Crippen LogP contribution in [0.15, 0.2) is 63.9 Å². The predicted octanol–water partition coefficient (Wildman–Crippen LogP) is 2.29. The van der Waals surface area contributed by atoms with Gasteiger partial charge in [0.15, 0.2) is 0 Å². The molecule has 24 heavy (non-hydrogen) atoms. The Hall–Kier alpha value is -2.25. The minimum atomic E-state index is -3.93. The third-order valence-electron chi connectivity index (χ3n) is 3.66. The molecule has 1 heterocycles. The Labute approximate surface area is 140 Å². The topological polar surface area (TPSA) is 59.0 Å². The molecule has 0 amide bonds. The fourth-order valence-corrected chi connectivity index (χ4v) is 3.46. The third kappa shape index (κ3) is 3.80. The molecule has 0 spiro atoms. The number of sulfonamides is 1.